The maximum atomic E-state index is 11.8. The molecule has 0 aliphatic rings. The van der Waals surface area contributed by atoms with E-state index in [1.807, 2.05) is 0 Å². The van der Waals surface area contributed by atoms with Gasteiger partial charge in [-0.1, -0.05) is 23.2 Å². The van der Waals surface area contributed by atoms with Crippen molar-refractivity contribution in [1.29, 1.82) is 0 Å². The normalized spacial score (nSPS) is 10.6. The van der Waals surface area contributed by atoms with E-state index in [1.165, 1.54) is 12.1 Å². The molecule has 0 aromatic heterocycles. The summed E-state index contributed by atoms with van der Waals surface area (Å²) in [5, 5.41) is 0.465. The number of hydrogen-bond donors (Lipinski definition) is 0. The monoisotopic (exact) mass is 290 g/mol. The fourth-order valence-electron chi connectivity index (χ4n) is 0.714. The zero-order valence-corrected chi connectivity index (χ0v) is 9.13. The van der Waals surface area contributed by atoms with E-state index < -0.39 is 6.61 Å². The minimum absolute atomic E-state index is 0.0764. The van der Waals surface area contributed by atoms with Crippen molar-refractivity contribution in [2.75, 3.05) is 0 Å². The Labute approximate surface area is 91.7 Å². The summed E-state index contributed by atoms with van der Waals surface area (Å²) in [6.07, 6.45) is 0. The molecule has 0 heterocycles. The molecule has 0 aliphatic heterocycles. The second-order valence-electron chi connectivity index (χ2n) is 2.08. The molecule has 0 spiro atoms. The Balaban J connectivity index is 3.05. The molecule has 13 heavy (non-hydrogen) atoms. The van der Waals surface area contributed by atoms with Crippen molar-refractivity contribution in [2.45, 2.75) is 6.61 Å². The van der Waals surface area contributed by atoms with Crippen LogP contribution in [0, 0.1) is 0 Å². The second kappa shape index (κ2) is 4.44. The van der Waals surface area contributed by atoms with Gasteiger partial charge >= 0.3 is 6.61 Å². The Kier molecular flexibility index (Phi) is 3.76. The lowest BCUT2D eigenvalue weighted by atomic mass is 10.3. The molecule has 1 rings (SSSR count). The molecule has 0 atom stereocenters. The van der Waals surface area contributed by atoms with Gasteiger partial charge < -0.3 is 4.74 Å². The maximum Gasteiger partial charge on any atom is 0.387 e. The molecular weight excluding hydrogens is 289 g/mol. The van der Waals surface area contributed by atoms with Crippen LogP contribution < -0.4 is 4.74 Å². The molecule has 0 saturated carbocycles. The fraction of sp³-hybridized carbons (Fsp3) is 0.143. The van der Waals surface area contributed by atoms with Gasteiger partial charge in [-0.05, 0) is 22.0 Å². The van der Waals surface area contributed by atoms with Crippen molar-refractivity contribution in [3.05, 3.63) is 26.7 Å². The number of halogens is 5. The van der Waals surface area contributed by atoms with E-state index in [1.54, 1.807) is 0 Å². The molecule has 1 aromatic rings. The van der Waals surface area contributed by atoms with Gasteiger partial charge in [0.15, 0.2) is 0 Å². The fourth-order valence-corrected chi connectivity index (χ4v) is 1.51. The molecule has 0 saturated heterocycles. The van der Waals surface area contributed by atoms with Gasteiger partial charge in [0.25, 0.3) is 0 Å². The van der Waals surface area contributed by atoms with Gasteiger partial charge in [0.2, 0.25) is 0 Å². The van der Waals surface area contributed by atoms with Crippen LogP contribution in [0.25, 0.3) is 0 Å². The van der Waals surface area contributed by atoms with Gasteiger partial charge in [-0.3, -0.25) is 0 Å². The van der Waals surface area contributed by atoms with Crippen LogP contribution in [0.5, 0.6) is 5.75 Å². The second-order valence-corrected chi connectivity index (χ2v) is 3.71. The topological polar surface area (TPSA) is 9.23 Å². The van der Waals surface area contributed by atoms with Crippen LogP contribution in [0.4, 0.5) is 8.78 Å². The Morgan fingerprint density at radius 2 is 1.92 bits per heavy atom. The van der Waals surface area contributed by atoms with Crippen LogP contribution in [-0.4, -0.2) is 6.61 Å². The lowest BCUT2D eigenvalue weighted by molar-refractivity contribution is -0.0503. The van der Waals surface area contributed by atoms with Crippen molar-refractivity contribution >= 4 is 39.1 Å². The Morgan fingerprint density at radius 3 is 2.46 bits per heavy atom. The summed E-state index contributed by atoms with van der Waals surface area (Å²) in [7, 11) is 0. The number of ether oxygens (including phenoxy) is 1. The van der Waals surface area contributed by atoms with E-state index in [0.29, 0.717) is 0 Å². The van der Waals surface area contributed by atoms with E-state index in [0.717, 1.165) is 0 Å². The molecule has 0 bridgehead atoms. The first-order chi connectivity index (χ1) is 6.00. The number of rotatable bonds is 2. The van der Waals surface area contributed by atoms with Gasteiger partial charge in [0.05, 0.1) is 9.50 Å². The highest BCUT2D eigenvalue weighted by Gasteiger charge is 2.11. The zero-order valence-electron chi connectivity index (χ0n) is 6.03. The van der Waals surface area contributed by atoms with Gasteiger partial charge in [0, 0.05) is 11.1 Å². The van der Waals surface area contributed by atoms with Gasteiger partial charge in [-0.15, -0.1) is 0 Å². The molecule has 0 N–H and O–H groups in total. The first-order valence-corrected chi connectivity index (χ1v) is 4.65. The number of benzene rings is 1. The highest BCUT2D eigenvalue weighted by molar-refractivity contribution is 9.10. The Hall–Kier alpha value is -0.0600. The van der Waals surface area contributed by atoms with Crippen LogP contribution in [0.1, 0.15) is 0 Å². The zero-order chi connectivity index (χ0) is 10.0. The lowest BCUT2D eigenvalue weighted by Gasteiger charge is -2.07. The number of hydrogen-bond acceptors (Lipinski definition) is 1. The third-order valence-electron chi connectivity index (χ3n) is 1.18. The van der Waals surface area contributed by atoms with Crippen LogP contribution in [0.2, 0.25) is 10.0 Å². The average molecular weight is 292 g/mol. The Morgan fingerprint density at radius 1 is 1.31 bits per heavy atom. The molecule has 6 heteroatoms. The quantitative estimate of drug-likeness (QED) is 0.736. The first kappa shape index (κ1) is 11.0. The maximum absolute atomic E-state index is 11.8. The van der Waals surface area contributed by atoms with Gasteiger partial charge in [0.1, 0.15) is 5.75 Å². The third-order valence-corrected chi connectivity index (χ3v) is 2.74. The van der Waals surface area contributed by atoms with Crippen LogP contribution >= 0.6 is 39.1 Å². The summed E-state index contributed by atoms with van der Waals surface area (Å²) < 4.78 is 28.1. The van der Waals surface area contributed by atoms with Crippen molar-refractivity contribution in [3.8, 4) is 5.75 Å². The van der Waals surface area contributed by atoms with Gasteiger partial charge in [-0.25, -0.2) is 0 Å². The van der Waals surface area contributed by atoms with E-state index >= 15 is 0 Å². The molecule has 0 aliphatic carbocycles. The summed E-state index contributed by atoms with van der Waals surface area (Å²) in [6, 6.07) is 2.68. The molecule has 0 radical (unpaired) electrons. The van der Waals surface area contributed by atoms with Crippen LogP contribution in [-0.2, 0) is 0 Å². The van der Waals surface area contributed by atoms with Crippen molar-refractivity contribution in [2.24, 2.45) is 0 Å². The molecule has 1 nitrogen and oxygen atoms in total. The van der Waals surface area contributed by atoms with E-state index in [2.05, 4.69) is 20.7 Å². The summed E-state index contributed by atoms with van der Waals surface area (Å²) in [5.74, 6) is -0.0764. The molecule has 1 aromatic carbocycles. The summed E-state index contributed by atoms with van der Waals surface area (Å²) in [6.45, 7) is -2.90. The highest BCUT2D eigenvalue weighted by Crippen LogP contribution is 2.36. The largest absolute Gasteiger partial charge is 0.434 e. The highest BCUT2D eigenvalue weighted by atomic mass is 79.9. The molecule has 0 amide bonds. The van der Waals surface area contributed by atoms with E-state index in [9.17, 15) is 8.78 Å². The number of alkyl halides is 2. The van der Waals surface area contributed by atoms with Crippen molar-refractivity contribution in [1.82, 2.24) is 0 Å². The predicted molar refractivity (Wildman–Crippen MR) is 50.8 cm³/mol. The standard InChI is InChI=1S/C7H3BrCl2F2O/c8-6-4(10)1-3(9)2-5(6)13-7(11)12/h1-2,7H. The van der Waals surface area contributed by atoms with Crippen LogP contribution in [0.3, 0.4) is 0 Å². The van der Waals surface area contributed by atoms with Crippen LogP contribution in [0.15, 0.2) is 16.6 Å². The molecule has 72 valence electrons. The lowest BCUT2D eigenvalue weighted by Crippen LogP contribution is -2.02. The smallest absolute Gasteiger partial charge is 0.387 e. The van der Waals surface area contributed by atoms with Gasteiger partial charge in [-0.2, -0.15) is 8.78 Å². The minimum Gasteiger partial charge on any atom is -0.434 e. The third kappa shape index (κ3) is 2.97. The van der Waals surface area contributed by atoms with Crippen molar-refractivity contribution < 1.29 is 13.5 Å². The van der Waals surface area contributed by atoms with Crippen molar-refractivity contribution in [3.63, 3.8) is 0 Å². The summed E-state index contributed by atoms with van der Waals surface area (Å²) in [5.41, 5.74) is 0. The molecular formula is C7H3BrCl2F2O. The first-order valence-electron chi connectivity index (χ1n) is 3.10. The summed E-state index contributed by atoms with van der Waals surface area (Å²) >= 11 is 14.2. The predicted octanol–water partition coefficient (Wildman–Crippen LogP) is 4.36. The average Bonchev–Trinajstić information content (AvgIpc) is 1.98. The van der Waals surface area contributed by atoms with E-state index in [4.69, 9.17) is 23.2 Å². The van der Waals surface area contributed by atoms with E-state index in [-0.39, 0.29) is 20.3 Å². The molecule has 0 fully saturated rings. The SMILES string of the molecule is FC(F)Oc1cc(Cl)cc(Cl)c1Br. The Bertz CT molecular complexity index is 320. The summed E-state index contributed by atoms with van der Waals surface area (Å²) in [4.78, 5) is 0. The minimum atomic E-state index is -2.90. The molecule has 0 unspecified atom stereocenters.